The number of hydrogen-bond acceptors (Lipinski definition) is 4. The molecule has 0 fully saturated rings. The maximum absolute atomic E-state index is 12.7. The molecule has 0 spiro atoms. The minimum atomic E-state index is -4.41. The van der Waals surface area contributed by atoms with Crippen LogP contribution in [-0.4, -0.2) is 10.9 Å². The van der Waals surface area contributed by atoms with Gasteiger partial charge in [0.1, 0.15) is 12.4 Å². The monoisotopic (exact) mass is 432 g/mol. The Morgan fingerprint density at radius 2 is 2.00 bits per heavy atom. The van der Waals surface area contributed by atoms with Crippen molar-refractivity contribution in [2.24, 2.45) is 0 Å². The Balaban J connectivity index is 1.53. The summed E-state index contributed by atoms with van der Waals surface area (Å²) in [5.74, 6) is 0.240. The van der Waals surface area contributed by atoms with Gasteiger partial charge in [-0.25, -0.2) is 4.98 Å². The molecule has 1 heterocycles. The Labute approximate surface area is 176 Å². The van der Waals surface area contributed by atoms with Crippen molar-refractivity contribution in [3.05, 3.63) is 87.4 Å². The van der Waals surface area contributed by atoms with E-state index in [4.69, 9.17) is 4.74 Å². The van der Waals surface area contributed by atoms with Gasteiger partial charge in [-0.15, -0.1) is 11.3 Å². The number of alkyl halides is 3. The van der Waals surface area contributed by atoms with Gasteiger partial charge in [0.05, 0.1) is 16.3 Å². The second-order valence-electron chi connectivity index (χ2n) is 6.47. The molecule has 3 rings (SSSR count). The topological polar surface area (TPSA) is 51.2 Å². The highest BCUT2D eigenvalue weighted by atomic mass is 32.1. The maximum Gasteiger partial charge on any atom is 0.416 e. The first-order valence-corrected chi connectivity index (χ1v) is 9.93. The standard InChI is InChI=1S/C22H19F3N2O2S/c1-15-27-19(14-30-15)13-29-20-7-3-4-16(11-20)8-9-21(28)26-12-17-5-2-6-18(10-17)22(23,24)25/h2-11,14H,12-13H2,1H3,(H,26,28)/b9-8+. The van der Waals surface area contributed by atoms with Gasteiger partial charge < -0.3 is 10.1 Å². The first-order valence-electron chi connectivity index (χ1n) is 9.05. The molecular formula is C22H19F3N2O2S. The van der Waals surface area contributed by atoms with Gasteiger partial charge in [-0.3, -0.25) is 4.79 Å². The number of ether oxygens (including phenoxy) is 1. The highest BCUT2D eigenvalue weighted by Gasteiger charge is 2.30. The lowest BCUT2D eigenvalue weighted by atomic mass is 10.1. The molecule has 2 aromatic carbocycles. The minimum Gasteiger partial charge on any atom is -0.487 e. The molecule has 0 saturated carbocycles. The Morgan fingerprint density at radius 1 is 1.20 bits per heavy atom. The zero-order valence-electron chi connectivity index (χ0n) is 16.1. The smallest absolute Gasteiger partial charge is 0.416 e. The Kier molecular flexibility index (Phi) is 6.89. The van der Waals surface area contributed by atoms with Gasteiger partial charge in [0, 0.05) is 18.0 Å². The third kappa shape index (κ3) is 6.45. The summed E-state index contributed by atoms with van der Waals surface area (Å²) in [5.41, 5.74) is 1.25. The number of aryl methyl sites for hydroxylation is 1. The number of rotatable bonds is 7. The summed E-state index contributed by atoms with van der Waals surface area (Å²) in [4.78, 5) is 16.3. The number of nitrogens with zero attached hydrogens (tertiary/aromatic N) is 1. The summed E-state index contributed by atoms with van der Waals surface area (Å²) in [6.45, 7) is 2.29. The van der Waals surface area contributed by atoms with Crippen molar-refractivity contribution in [3.63, 3.8) is 0 Å². The number of nitrogens with one attached hydrogen (secondary N) is 1. The van der Waals surface area contributed by atoms with E-state index in [9.17, 15) is 18.0 Å². The van der Waals surface area contributed by atoms with E-state index in [1.807, 2.05) is 30.5 Å². The van der Waals surface area contributed by atoms with Crippen LogP contribution in [0.15, 0.2) is 60.0 Å². The normalized spacial score (nSPS) is 11.6. The summed E-state index contributed by atoms with van der Waals surface area (Å²) < 4.78 is 44.0. The number of carbonyl (C=O) groups excluding carboxylic acids is 1. The van der Waals surface area contributed by atoms with Crippen molar-refractivity contribution in [3.8, 4) is 5.75 Å². The zero-order valence-corrected chi connectivity index (χ0v) is 16.9. The molecule has 0 bridgehead atoms. The van der Waals surface area contributed by atoms with E-state index in [0.717, 1.165) is 28.4 Å². The highest BCUT2D eigenvalue weighted by molar-refractivity contribution is 7.09. The maximum atomic E-state index is 12.7. The fourth-order valence-electron chi connectivity index (χ4n) is 2.62. The van der Waals surface area contributed by atoms with Gasteiger partial charge in [-0.05, 0) is 48.4 Å². The third-order valence-electron chi connectivity index (χ3n) is 4.06. The SMILES string of the molecule is Cc1nc(COc2cccc(/C=C/C(=O)NCc3cccc(C(F)(F)F)c3)c2)cs1. The molecule has 0 radical (unpaired) electrons. The quantitative estimate of drug-likeness (QED) is 0.510. The van der Waals surface area contributed by atoms with Crippen LogP contribution in [-0.2, 0) is 24.1 Å². The number of halogens is 3. The van der Waals surface area contributed by atoms with Crippen LogP contribution in [0.5, 0.6) is 5.75 Å². The van der Waals surface area contributed by atoms with Crippen LogP contribution >= 0.6 is 11.3 Å². The van der Waals surface area contributed by atoms with E-state index in [1.165, 1.54) is 18.2 Å². The molecule has 0 aliphatic carbocycles. The fraction of sp³-hybridized carbons (Fsp3) is 0.182. The molecule has 156 valence electrons. The first-order chi connectivity index (χ1) is 14.3. The second-order valence-corrected chi connectivity index (χ2v) is 7.53. The van der Waals surface area contributed by atoms with Crippen molar-refractivity contribution in [1.29, 1.82) is 0 Å². The third-order valence-corrected chi connectivity index (χ3v) is 4.88. The highest BCUT2D eigenvalue weighted by Crippen LogP contribution is 2.29. The largest absolute Gasteiger partial charge is 0.487 e. The number of thiazole rings is 1. The van der Waals surface area contributed by atoms with Crippen molar-refractivity contribution in [2.45, 2.75) is 26.3 Å². The summed E-state index contributed by atoms with van der Waals surface area (Å²) >= 11 is 1.56. The molecule has 0 aliphatic rings. The van der Waals surface area contributed by atoms with Gasteiger partial charge in [0.25, 0.3) is 0 Å². The Bertz CT molecular complexity index is 1040. The van der Waals surface area contributed by atoms with Gasteiger partial charge in [-0.2, -0.15) is 13.2 Å². The number of aromatic nitrogens is 1. The predicted molar refractivity (Wildman–Crippen MR) is 110 cm³/mol. The average molecular weight is 432 g/mol. The van der Waals surface area contributed by atoms with Gasteiger partial charge in [0.15, 0.2) is 0 Å². The van der Waals surface area contributed by atoms with Crippen LogP contribution in [0, 0.1) is 6.92 Å². The summed E-state index contributed by atoms with van der Waals surface area (Å²) in [5, 5.41) is 5.49. The Hall–Kier alpha value is -3.13. The molecule has 1 aromatic heterocycles. The lowest BCUT2D eigenvalue weighted by molar-refractivity contribution is -0.137. The van der Waals surface area contributed by atoms with Crippen molar-refractivity contribution in [2.75, 3.05) is 0 Å². The molecule has 0 atom stereocenters. The molecule has 4 nitrogen and oxygen atoms in total. The van der Waals surface area contributed by atoms with Crippen LogP contribution in [0.2, 0.25) is 0 Å². The zero-order chi connectivity index (χ0) is 21.6. The fourth-order valence-corrected chi connectivity index (χ4v) is 3.21. The van der Waals surface area contributed by atoms with E-state index in [-0.39, 0.29) is 6.54 Å². The van der Waals surface area contributed by atoms with Crippen LogP contribution in [0.4, 0.5) is 13.2 Å². The first kappa shape index (κ1) is 21.6. The van der Waals surface area contributed by atoms with Crippen LogP contribution < -0.4 is 10.1 Å². The summed E-state index contributed by atoms with van der Waals surface area (Å²) in [6.07, 6.45) is -1.47. The van der Waals surface area contributed by atoms with Crippen LogP contribution in [0.1, 0.15) is 27.4 Å². The van der Waals surface area contributed by atoms with E-state index >= 15 is 0 Å². The lowest BCUT2D eigenvalue weighted by Crippen LogP contribution is -2.20. The molecule has 1 N–H and O–H groups in total. The number of hydrogen-bond donors (Lipinski definition) is 1. The summed E-state index contributed by atoms with van der Waals surface area (Å²) in [7, 11) is 0. The predicted octanol–water partition coefficient (Wildman–Crippen LogP) is 5.38. The van der Waals surface area contributed by atoms with Crippen molar-refractivity contribution < 1.29 is 22.7 Å². The minimum absolute atomic E-state index is 0.00328. The molecule has 0 aliphatic heterocycles. The van der Waals surface area contributed by atoms with E-state index in [0.29, 0.717) is 17.9 Å². The molecule has 1 amide bonds. The molecule has 0 unspecified atom stereocenters. The second kappa shape index (κ2) is 9.58. The average Bonchev–Trinajstić information content (AvgIpc) is 3.14. The van der Waals surface area contributed by atoms with E-state index in [1.54, 1.807) is 23.5 Å². The molecule has 0 saturated heterocycles. The van der Waals surface area contributed by atoms with Gasteiger partial charge >= 0.3 is 6.18 Å². The van der Waals surface area contributed by atoms with Crippen LogP contribution in [0.3, 0.4) is 0 Å². The van der Waals surface area contributed by atoms with Gasteiger partial charge in [0.2, 0.25) is 5.91 Å². The number of amides is 1. The van der Waals surface area contributed by atoms with Crippen molar-refractivity contribution >= 4 is 23.3 Å². The van der Waals surface area contributed by atoms with E-state index < -0.39 is 17.6 Å². The lowest BCUT2D eigenvalue weighted by Gasteiger charge is -2.09. The number of carbonyl (C=O) groups is 1. The molecular weight excluding hydrogens is 413 g/mol. The van der Waals surface area contributed by atoms with Crippen LogP contribution in [0.25, 0.3) is 6.08 Å². The molecule has 30 heavy (non-hydrogen) atoms. The molecule has 3 aromatic rings. The van der Waals surface area contributed by atoms with Crippen molar-refractivity contribution in [1.82, 2.24) is 10.3 Å². The summed E-state index contributed by atoms with van der Waals surface area (Å²) in [6, 6.07) is 12.1. The van der Waals surface area contributed by atoms with E-state index in [2.05, 4.69) is 10.3 Å². The molecule has 8 heteroatoms. The Morgan fingerprint density at radius 3 is 2.73 bits per heavy atom. The van der Waals surface area contributed by atoms with Gasteiger partial charge in [-0.1, -0.05) is 24.3 Å². The number of benzene rings is 2.